The van der Waals surface area contributed by atoms with E-state index >= 15 is 0 Å². The fourth-order valence-electron chi connectivity index (χ4n) is 1.88. The number of nitro benzene ring substituents is 1. The molecular formula is C12H10ClFN2O2. The van der Waals surface area contributed by atoms with Crippen LogP contribution in [0, 0.1) is 15.9 Å². The number of hydrogen-bond donors (Lipinski definition) is 0. The molecule has 0 aliphatic rings. The van der Waals surface area contributed by atoms with Crippen LogP contribution in [0.5, 0.6) is 0 Å². The predicted octanol–water partition coefficient (Wildman–Crippen LogP) is 3.45. The third-order valence-corrected chi connectivity index (χ3v) is 2.76. The number of nitro groups is 1. The molecule has 1 atom stereocenters. The van der Waals surface area contributed by atoms with Crippen LogP contribution < -0.4 is 0 Å². The van der Waals surface area contributed by atoms with Crippen LogP contribution in [-0.4, -0.2) is 15.3 Å². The molecule has 6 heteroatoms. The van der Waals surface area contributed by atoms with Gasteiger partial charge in [-0.05, 0) is 25.5 Å². The molecule has 2 rings (SSSR count). The lowest BCUT2D eigenvalue weighted by atomic mass is 10.0. The van der Waals surface area contributed by atoms with Crippen molar-refractivity contribution in [3.63, 3.8) is 0 Å². The van der Waals surface area contributed by atoms with Gasteiger partial charge in [0, 0.05) is 17.1 Å². The highest BCUT2D eigenvalue weighted by Crippen LogP contribution is 2.30. The van der Waals surface area contributed by atoms with Gasteiger partial charge in [0.1, 0.15) is 5.82 Å². The molecular weight excluding hydrogens is 259 g/mol. The first-order valence-corrected chi connectivity index (χ1v) is 5.79. The van der Waals surface area contributed by atoms with Crippen molar-refractivity contribution >= 4 is 28.2 Å². The molecule has 1 unspecified atom stereocenters. The van der Waals surface area contributed by atoms with Gasteiger partial charge in [-0.2, -0.15) is 0 Å². The maximum Gasteiger partial charge on any atom is 0.281 e. The van der Waals surface area contributed by atoms with Crippen LogP contribution in [0.3, 0.4) is 0 Å². The molecule has 0 radical (unpaired) electrons. The molecule has 4 nitrogen and oxygen atoms in total. The SMILES string of the molecule is CC(Cl)Cc1c(F)cc([N+](=O)[O-])c2cccnc12. The zero-order chi connectivity index (χ0) is 13.3. The van der Waals surface area contributed by atoms with E-state index in [2.05, 4.69) is 4.98 Å². The van der Waals surface area contributed by atoms with E-state index in [1.54, 1.807) is 19.1 Å². The van der Waals surface area contributed by atoms with Crippen LogP contribution in [0.4, 0.5) is 10.1 Å². The minimum absolute atomic E-state index is 0.272. The summed E-state index contributed by atoms with van der Waals surface area (Å²) in [6.07, 6.45) is 1.76. The summed E-state index contributed by atoms with van der Waals surface area (Å²) in [7, 11) is 0. The standard InChI is InChI=1S/C12H10ClFN2O2/c1-7(13)5-9-10(14)6-11(16(17)18)8-3-2-4-15-12(8)9/h2-4,6-7H,5H2,1H3. The summed E-state index contributed by atoms with van der Waals surface area (Å²) < 4.78 is 13.9. The number of halogens is 2. The number of hydrogen-bond acceptors (Lipinski definition) is 3. The first kappa shape index (κ1) is 12.7. The summed E-state index contributed by atoms with van der Waals surface area (Å²) in [4.78, 5) is 14.3. The van der Waals surface area contributed by atoms with Gasteiger partial charge in [-0.15, -0.1) is 11.6 Å². The second-order valence-electron chi connectivity index (χ2n) is 4.00. The van der Waals surface area contributed by atoms with Gasteiger partial charge in [-0.25, -0.2) is 4.39 Å². The Bertz CT molecular complexity index is 616. The van der Waals surface area contributed by atoms with Crippen molar-refractivity contribution in [3.8, 4) is 0 Å². The Hall–Kier alpha value is -1.75. The Balaban J connectivity index is 2.77. The lowest BCUT2D eigenvalue weighted by Crippen LogP contribution is -2.04. The van der Waals surface area contributed by atoms with Gasteiger partial charge in [0.25, 0.3) is 5.69 Å². The van der Waals surface area contributed by atoms with Crippen molar-refractivity contribution in [2.75, 3.05) is 0 Å². The topological polar surface area (TPSA) is 56.0 Å². The Labute approximate surface area is 108 Å². The molecule has 0 saturated carbocycles. The summed E-state index contributed by atoms with van der Waals surface area (Å²) in [6, 6.07) is 4.07. The number of pyridine rings is 1. The van der Waals surface area contributed by atoms with Crippen LogP contribution >= 0.6 is 11.6 Å². The second-order valence-corrected chi connectivity index (χ2v) is 4.74. The lowest BCUT2D eigenvalue weighted by Gasteiger charge is -2.09. The van der Waals surface area contributed by atoms with Crippen LogP contribution in [0.2, 0.25) is 0 Å². The minimum atomic E-state index is -0.639. The molecule has 0 bridgehead atoms. The van der Waals surface area contributed by atoms with Crippen molar-refractivity contribution in [3.05, 3.63) is 45.9 Å². The van der Waals surface area contributed by atoms with Gasteiger partial charge in [0.05, 0.1) is 21.9 Å². The highest BCUT2D eigenvalue weighted by atomic mass is 35.5. The number of rotatable bonds is 3. The van der Waals surface area contributed by atoms with Gasteiger partial charge >= 0.3 is 0 Å². The fraction of sp³-hybridized carbons (Fsp3) is 0.250. The average Bonchev–Trinajstić information content (AvgIpc) is 2.31. The summed E-state index contributed by atoms with van der Waals surface area (Å²) in [5.74, 6) is -0.639. The second kappa shape index (κ2) is 4.86. The Morgan fingerprint density at radius 3 is 2.94 bits per heavy atom. The molecule has 1 aromatic heterocycles. The summed E-state index contributed by atoms with van der Waals surface area (Å²) >= 11 is 5.86. The minimum Gasteiger partial charge on any atom is -0.258 e. The van der Waals surface area contributed by atoms with E-state index in [0.717, 1.165) is 6.07 Å². The molecule has 0 aliphatic heterocycles. The molecule has 0 N–H and O–H groups in total. The zero-order valence-electron chi connectivity index (χ0n) is 9.56. The molecule has 0 amide bonds. The zero-order valence-corrected chi connectivity index (χ0v) is 10.3. The van der Waals surface area contributed by atoms with Crippen molar-refractivity contribution < 1.29 is 9.31 Å². The van der Waals surface area contributed by atoms with Crippen molar-refractivity contribution in [1.29, 1.82) is 0 Å². The van der Waals surface area contributed by atoms with Gasteiger partial charge in [-0.3, -0.25) is 15.1 Å². The van der Waals surface area contributed by atoms with Crippen molar-refractivity contribution in [2.45, 2.75) is 18.7 Å². The molecule has 0 saturated heterocycles. The molecule has 1 heterocycles. The van der Waals surface area contributed by atoms with Gasteiger partial charge in [0.15, 0.2) is 0 Å². The summed E-state index contributed by atoms with van der Waals surface area (Å²) in [5.41, 5.74) is 0.344. The van der Waals surface area contributed by atoms with Crippen molar-refractivity contribution in [2.24, 2.45) is 0 Å². The van der Waals surface area contributed by atoms with E-state index < -0.39 is 10.7 Å². The largest absolute Gasteiger partial charge is 0.281 e. The quantitative estimate of drug-likeness (QED) is 0.487. The van der Waals surface area contributed by atoms with Crippen LogP contribution in [0.1, 0.15) is 12.5 Å². The number of aromatic nitrogens is 1. The fourth-order valence-corrected chi connectivity index (χ4v) is 2.03. The summed E-state index contributed by atoms with van der Waals surface area (Å²) in [5, 5.41) is 10.9. The predicted molar refractivity (Wildman–Crippen MR) is 67.4 cm³/mol. The number of alkyl halides is 1. The number of benzene rings is 1. The summed E-state index contributed by atoms with van der Waals surface area (Å²) in [6.45, 7) is 1.73. The van der Waals surface area contributed by atoms with E-state index in [0.29, 0.717) is 16.5 Å². The number of fused-ring (bicyclic) bond motifs is 1. The van der Waals surface area contributed by atoms with Crippen LogP contribution in [0.25, 0.3) is 10.9 Å². The molecule has 94 valence electrons. The molecule has 0 aliphatic carbocycles. The Morgan fingerprint density at radius 1 is 1.61 bits per heavy atom. The first-order chi connectivity index (χ1) is 8.50. The average molecular weight is 269 g/mol. The van der Waals surface area contributed by atoms with E-state index in [1.165, 1.54) is 6.20 Å². The maximum atomic E-state index is 13.9. The van der Waals surface area contributed by atoms with Gasteiger partial charge in [-0.1, -0.05) is 0 Å². The number of non-ortho nitro benzene ring substituents is 1. The van der Waals surface area contributed by atoms with E-state index in [9.17, 15) is 14.5 Å². The first-order valence-electron chi connectivity index (χ1n) is 5.35. The van der Waals surface area contributed by atoms with Crippen LogP contribution in [0.15, 0.2) is 24.4 Å². The highest BCUT2D eigenvalue weighted by molar-refractivity contribution is 6.20. The molecule has 2 aromatic rings. The molecule has 18 heavy (non-hydrogen) atoms. The smallest absolute Gasteiger partial charge is 0.258 e. The van der Waals surface area contributed by atoms with E-state index in [4.69, 9.17) is 11.6 Å². The van der Waals surface area contributed by atoms with Crippen LogP contribution in [-0.2, 0) is 6.42 Å². The Morgan fingerprint density at radius 2 is 2.33 bits per heavy atom. The van der Waals surface area contributed by atoms with Gasteiger partial charge in [0.2, 0.25) is 0 Å². The maximum absolute atomic E-state index is 13.9. The van der Waals surface area contributed by atoms with E-state index in [1.807, 2.05) is 0 Å². The normalized spacial score (nSPS) is 12.6. The molecule has 0 fully saturated rings. The monoisotopic (exact) mass is 268 g/mol. The third-order valence-electron chi connectivity index (χ3n) is 2.60. The Kier molecular flexibility index (Phi) is 3.43. The van der Waals surface area contributed by atoms with E-state index in [-0.39, 0.29) is 17.5 Å². The third kappa shape index (κ3) is 2.26. The highest BCUT2D eigenvalue weighted by Gasteiger charge is 2.20. The van der Waals surface area contributed by atoms with Gasteiger partial charge < -0.3 is 0 Å². The molecule has 1 aromatic carbocycles. The van der Waals surface area contributed by atoms with Crippen molar-refractivity contribution in [1.82, 2.24) is 4.98 Å². The lowest BCUT2D eigenvalue weighted by molar-refractivity contribution is -0.383. The number of nitrogens with zero attached hydrogens (tertiary/aromatic N) is 2. The molecule has 0 spiro atoms.